The number of hydrogen-bond acceptors (Lipinski definition) is 4. The van der Waals surface area contributed by atoms with E-state index in [9.17, 15) is 19.5 Å². The highest BCUT2D eigenvalue weighted by molar-refractivity contribution is 6.08. The molecule has 0 saturated carbocycles. The number of amides is 2. The van der Waals surface area contributed by atoms with Crippen LogP contribution in [0.3, 0.4) is 0 Å². The van der Waals surface area contributed by atoms with Gasteiger partial charge in [-0.05, 0) is 36.8 Å². The van der Waals surface area contributed by atoms with Crippen molar-refractivity contribution in [3.8, 4) is 5.75 Å². The lowest BCUT2D eigenvalue weighted by molar-refractivity contribution is -0.142. The normalized spacial score (nSPS) is 15.6. The minimum Gasteiger partial charge on any atom is -0.496 e. The fourth-order valence-electron chi connectivity index (χ4n) is 3.99. The zero-order valence-corrected chi connectivity index (χ0v) is 17.4. The molecule has 1 atom stereocenters. The molecule has 2 amide bonds. The highest BCUT2D eigenvalue weighted by Gasteiger charge is 2.30. The third-order valence-electron chi connectivity index (χ3n) is 5.68. The van der Waals surface area contributed by atoms with Gasteiger partial charge >= 0.3 is 5.97 Å². The predicted octanol–water partition coefficient (Wildman–Crippen LogP) is 3.07. The van der Waals surface area contributed by atoms with E-state index in [-0.39, 0.29) is 17.7 Å². The van der Waals surface area contributed by atoms with Gasteiger partial charge in [-0.15, -0.1) is 0 Å². The summed E-state index contributed by atoms with van der Waals surface area (Å²) in [6.07, 6.45) is 2.12. The molecule has 2 aromatic carbocycles. The minimum atomic E-state index is -1.01. The van der Waals surface area contributed by atoms with Crippen molar-refractivity contribution >= 4 is 28.6 Å². The van der Waals surface area contributed by atoms with Crippen LogP contribution in [0.25, 0.3) is 10.8 Å². The molecule has 1 fully saturated rings. The Bertz CT molecular complexity index is 934. The number of aliphatic carboxylic acids is 1. The summed E-state index contributed by atoms with van der Waals surface area (Å²) >= 11 is 0. The van der Waals surface area contributed by atoms with Gasteiger partial charge in [-0.25, -0.2) is 4.79 Å². The number of piperidine rings is 1. The van der Waals surface area contributed by atoms with E-state index >= 15 is 0 Å². The lowest BCUT2D eigenvalue weighted by Crippen LogP contribution is -2.47. The molecule has 160 valence electrons. The lowest BCUT2D eigenvalue weighted by Gasteiger charge is -2.32. The van der Waals surface area contributed by atoms with Crippen molar-refractivity contribution in [3.05, 3.63) is 42.0 Å². The van der Waals surface area contributed by atoms with Crippen LogP contribution in [-0.2, 0) is 9.59 Å². The number of rotatable bonds is 7. The number of carboxylic acid groups (broad SMARTS) is 1. The molecule has 2 N–H and O–H groups in total. The van der Waals surface area contributed by atoms with Crippen molar-refractivity contribution < 1.29 is 24.2 Å². The predicted molar refractivity (Wildman–Crippen MR) is 114 cm³/mol. The van der Waals surface area contributed by atoms with E-state index in [0.29, 0.717) is 44.3 Å². The number of carbonyl (C=O) groups excluding carboxylic acids is 2. The molecule has 7 heteroatoms. The maximum absolute atomic E-state index is 13.1. The molecule has 1 aliphatic heterocycles. The summed E-state index contributed by atoms with van der Waals surface area (Å²) in [5.41, 5.74) is 0.614. The summed E-state index contributed by atoms with van der Waals surface area (Å²) in [5.74, 6) is -0.873. The zero-order valence-electron chi connectivity index (χ0n) is 17.4. The average molecular weight is 412 g/mol. The number of nitrogens with one attached hydrogen (secondary N) is 1. The second-order valence-electron chi connectivity index (χ2n) is 7.62. The van der Waals surface area contributed by atoms with E-state index in [2.05, 4.69) is 5.32 Å². The van der Waals surface area contributed by atoms with Crippen LogP contribution in [0, 0.1) is 5.92 Å². The van der Waals surface area contributed by atoms with Crippen LogP contribution >= 0.6 is 0 Å². The SMILES string of the molecule is CCCC(NC(=O)C1CCN(C(=O)c2ccc(OC)c3ccccc23)CC1)C(=O)O. The molecule has 7 nitrogen and oxygen atoms in total. The van der Waals surface area contributed by atoms with Crippen molar-refractivity contribution in [1.82, 2.24) is 10.2 Å². The number of likely N-dealkylation sites (tertiary alicyclic amines) is 1. The first-order valence-electron chi connectivity index (χ1n) is 10.3. The molecule has 30 heavy (non-hydrogen) atoms. The van der Waals surface area contributed by atoms with Gasteiger partial charge in [-0.3, -0.25) is 9.59 Å². The quantitative estimate of drug-likeness (QED) is 0.729. The molecule has 0 aliphatic carbocycles. The number of nitrogens with zero attached hydrogens (tertiary/aromatic N) is 1. The van der Waals surface area contributed by atoms with Crippen molar-refractivity contribution in [2.45, 2.75) is 38.6 Å². The van der Waals surface area contributed by atoms with Gasteiger partial charge in [-0.1, -0.05) is 37.6 Å². The number of ether oxygens (including phenoxy) is 1. The van der Waals surface area contributed by atoms with Gasteiger partial charge in [-0.2, -0.15) is 0 Å². The third kappa shape index (κ3) is 4.56. The molecule has 0 aromatic heterocycles. The van der Waals surface area contributed by atoms with Crippen molar-refractivity contribution in [2.24, 2.45) is 5.92 Å². The first-order valence-corrected chi connectivity index (χ1v) is 10.3. The van der Waals surface area contributed by atoms with Crippen LogP contribution < -0.4 is 10.1 Å². The van der Waals surface area contributed by atoms with Gasteiger partial charge < -0.3 is 20.1 Å². The monoisotopic (exact) mass is 412 g/mol. The smallest absolute Gasteiger partial charge is 0.326 e. The average Bonchev–Trinajstić information content (AvgIpc) is 2.77. The molecule has 0 spiro atoms. The van der Waals surface area contributed by atoms with Crippen LogP contribution in [-0.4, -0.2) is 54.0 Å². The number of fused-ring (bicyclic) bond motifs is 1. The van der Waals surface area contributed by atoms with E-state index in [1.165, 1.54) is 0 Å². The Morgan fingerprint density at radius 3 is 2.40 bits per heavy atom. The number of benzene rings is 2. The fourth-order valence-corrected chi connectivity index (χ4v) is 3.99. The van der Waals surface area contributed by atoms with E-state index in [1.54, 1.807) is 24.1 Å². The Labute approximate surface area is 176 Å². The Balaban J connectivity index is 1.67. The number of carbonyl (C=O) groups is 3. The second-order valence-corrected chi connectivity index (χ2v) is 7.62. The second kappa shape index (κ2) is 9.61. The fraction of sp³-hybridized carbons (Fsp3) is 0.435. The van der Waals surface area contributed by atoms with Gasteiger partial charge in [0.2, 0.25) is 5.91 Å². The van der Waals surface area contributed by atoms with E-state index in [1.807, 2.05) is 31.2 Å². The minimum absolute atomic E-state index is 0.0675. The standard InChI is InChI=1S/C23H28N2O5/c1-3-6-19(23(28)29)24-21(26)15-11-13-25(14-12-15)22(27)18-9-10-20(30-2)17-8-5-4-7-16(17)18/h4-5,7-10,15,19H,3,6,11-14H2,1-2H3,(H,24,26)(H,28,29). The first kappa shape index (κ1) is 21.6. The van der Waals surface area contributed by atoms with Gasteiger partial charge in [0.15, 0.2) is 0 Å². The first-order chi connectivity index (χ1) is 14.5. The summed E-state index contributed by atoms with van der Waals surface area (Å²) in [7, 11) is 1.61. The highest BCUT2D eigenvalue weighted by atomic mass is 16.5. The Morgan fingerprint density at radius 2 is 1.80 bits per heavy atom. The molecule has 1 saturated heterocycles. The summed E-state index contributed by atoms with van der Waals surface area (Å²) in [6.45, 7) is 2.81. The molecular formula is C23H28N2O5. The van der Waals surface area contributed by atoms with Crippen molar-refractivity contribution in [3.63, 3.8) is 0 Å². The van der Waals surface area contributed by atoms with E-state index in [0.717, 1.165) is 16.5 Å². The Kier molecular flexibility index (Phi) is 6.92. The molecule has 1 unspecified atom stereocenters. The molecule has 0 radical (unpaired) electrons. The summed E-state index contributed by atoms with van der Waals surface area (Å²) in [5, 5.41) is 13.6. The number of carboxylic acids is 1. The number of hydrogen-bond donors (Lipinski definition) is 2. The van der Waals surface area contributed by atoms with Gasteiger partial charge in [0.1, 0.15) is 11.8 Å². The molecule has 1 aliphatic rings. The van der Waals surface area contributed by atoms with E-state index < -0.39 is 12.0 Å². The Morgan fingerprint density at radius 1 is 1.13 bits per heavy atom. The molecule has 2 aromatic rings. The number of methoxy groups -OCH3 is 1. The maximum atomic E-state index is 13.1. The molecular weight excluding hydrogens is 384 g/mol. The van der Waals surface area contributed by atoms with Gasteiger partial charge in [0, 0.05) is 30.0 Å². The van der Waals surface area contributed by atoms with Crippen molar-refractivity contribution in [2.75, 3.05) is 20.2 Å². The third-order valence-corrected chi connectivity index (χ3v) is 5.68. The maximum Gasteiger partial charge on any atom is 0.326 e. The largest absolute Gasteiger partial charge is 0.496 e. The lowest BCUT2D eigenvalue weighted by atomic mass is 9.94. The highest BCUT2D eigenvalue weighted by Crippen LogP contribution is 2.30. The van der Waals surface area contributed by atoms with Gasteiger partial charge in [0.05, 0.1) is 7.11 Å². The molecule has 3 rings (SSSR count). The summed E-state index contributed by atoms with van der Waals surface area (Å²) in [6, 6.07) is 10.4. The van der Waals surface area contributed by atoms with Crippen LogP contribution in [0.15, 0.2) is 36.4 Å². The molecule has 1 heterocycles. The summed E-state index contributed by atoms with van der Waals surface area (Å²) in [4.78, 5) is 38.7. The zero-order chi connectivity index (χ0) is 21.7. The Hall–Kier alpha value is -3.09. The van der Waals surface area contributed by atoms with Crippen LogP contribution in [0.5, 0.6) is 5.75 Å². The molecule has 0 bridgehead atoms. The summed E-state index contributed by atoms with van der Waals surface area (Å²) < 4.78 is 5.40. The van der Waals surface area contributed by atoms with Crippen molar-refractivity contribution in [1.29, 1.82) is 0 Å². The van der Waals surface area contributed by atoms with Crippen LogP contribution in [0.4, 0.5) is 0 Å². The van der Waals surface area contributed by atoms with E-state index in [4.69, 9.17) is 4.74 Å². The van der Waals surface area contributed by atoms with Crippen LogP contribution in [0.2, 0.25) is 0 Å². The van der Waals surface area contributed by atoms with Gasteiger partial charge in [0.25, 0.3) is 5.91 Å². The van der Waals surface area contributed by atoms with Crippen LogP contribution in [0.1, 0.15) is 43.0 Å². The topological polar surface area (TPSA) is 95.9 Å².